The molecule has 0 bridgehead atoms. The molecule has 0 radical (unpaired) electrons. The van der Waals surface area contributed by atoms with Crippen LogP contribution in [0.3, 0.4) is 0 Å². The molecule has 2 aliphatic carbocycles. The summed E-state index contributed by atoms with van der Waals surface area (Å²) in [4.78, 5) is 10.8. The Morgan fingerprint density at radius 1 is 0.542 bits per heavy atom. The number of aryl methyl sites for hydroxylation is 1. The van der Waals surface area contributed by atoms with Crippen molar-refractivity contribution in [1.82, 2.24) is 14.4 Å². The molecule has 0 amide bonds. The maximum atomic E-state index is 5.57. The first-order chi connectivity index (χ1) is 23.8. The summed E-state index contributed by atoms with van der Waals surface area (Å²) < 4.78 is 2.55. The number of nitrogens with zero attached hydrogens (tertiary/aromatic N) is 3. The van der Waals surface area contributed by atoms with Crippen molar-refractivity contribution in [2.45, 2.75) is 18.8 Å². The first-order valence-corrected chi connectivity index (χ1v) is 16.9. The van der Waals surface area contributed by atoms with Crippen molar-refractivity contribution in [2.75, 3.05) is 0 Å². The highest BCUT2D eigenvalue weighted by molar-refractivity contribution is 6.29. The third-order valence-corrected chi connectivity index (χ3v) is 11.3. The molecule has 3 nitrogen and oxygen atoms in total. The zero-order valence-corrected chi connectivity index (χ0v) is 26.0. The van der Waals surface area contributed by atoms with Crippen LogP contribution < -0.4 is 0 Å². The molecule has 0 fully saturated rings. The summed E-state index contributed by atoms with van der Waals surface area (Å²) in [6.07, 6.45) is 4.03. The van der Waals surface area contributed by atoms with Gasteiger partial charge in [0.2, 0.25) is 0 Å². The van der Waals surface area contributed by atoms with E-state index in [1.807, 2.05) is 0 Å². The number of rotatable bonds is 1. The molecular weight excluding hydrogens is 583 g/mol. The maximum absolute atomic E-state index is 5.57. The fourth-order valence-electron chi connectivity index (χ4n) is 9.36. The molecule has 0 aliphatic heterocycles. The summed E-state index contributed by atoms with van der Waals surface area (Å²) in [5.41, 5.74) is 14.8. The largest absolute Gasteiger partial charge is 0.307 e. The van der Waals surface area contributed by atoms with E-state index in [1.165, 1.54) is 93.0 Å². The monoisotopic (exact) mass is 609 g/mol. The molecule has 1 atom stereocenters. The lowest BCUT2D eigenvalue weighted by Crippen LogP contribution is -2.07. The molecule has 0 saturated carbocycles. The highest BCUT2D eigenvalue weighted by atomic mass is 14.9. The van der Waals surface area contributed by atoms with Crippen LogP contribution in [0.5, 0.6) is 0 Å². The van der Waals surface area contributed by atoms with Crippen molar-refractivity contribution in [3.63, 3.8) is 0 Å². The van der Waals surface area contributed by atoms with E-state index in [9.17, 15) is 0 Å². The van der Waals surface area contributed by atoms with Crippen LogP contribution in [0.2, 0.25) is 0 Å². The normalized spacial score (nSPS) is 15.1. The van der Waals surface area contributed by atoms with E-state index in [0.717, 1.165) is 29.9 Å². The molecular formula is C45H27N3. The standard InChI is InChI=1S/C45H27N3/c1-3-13-28-25(9-1)19-21-31(37-24-46-42-32-16-7-11-27-12-8-17-33(39(27)32)43(42)47-37)40-35(28)23-36-30-15-5-6-18-38(30)48-44-29-14-4-2-10-26(29)20-22-34(44)41(40)45(36)48/h1-18,20,22-24,31H,19,21H2. The molecule has 0 spiro atoms. The third-order valence-electron chi connectivity index (χ3n) is 11.3. The van der Waals surface area contributed by atoms with E-state index in [2.05, 4.69) is 138 Å². The van der Waals surface area contributed by atoms with Crippen LogP contribution in [0.4, 0.5) is 0 Å². The van der Waals surface area contributed by atoms with E-state index < -0.39 is 0 Å². The molecule has 3 heteroatoms. The van der Waals surface area contributed by atoms with Gasteiger partial charge in [-0.2, -0.15) is 0 Å². The Hall–Kier alpha value is -6.06. The molecule has 222 valence electrons. The Morgan fingerprint density at radius 2 is 1.29 bits per heavy atom. The van der Waals surface area contributed by atoms with Gasteiger partial charge < -0.3 is 4.40 Å². The van der Waals surface area contributed by atoms with Crippen molar-refractivity contribution in [2.24, 2.45) is 0 Å². The minimum Gasteiger partial charge on any atom is -0.307 e. The van der Waals surface area contributed by atoms with Gasteiger partial charge in [0.05, 0.1) is 33.6 Å². The van der Waals surface area contributed by atoms with Crippen LogP contribution in [0.1, 0.15) is 29.2 Å². The van der Waals surface area contributed by atoms with E-state index in [-0.39, 0.29) is 5.92 Å². The average Bonchev–Trinajstić information content (AvgIpc) is 3.73. The lowest BCUT2D eigenvalue weighted by Gasteiger charge is -2.20. The maximum Gasteiger partial charge on any atom is 0.0975 e. The fourth-order valence-corrected chi connectivity index (χ4v) is 9.36. The number of para-hydroxylation sites is 1. The molecule has 3 aromatic heterocycles. The predicted octanol–water partition coefficient (Wildman–Crippen LogP) is 11.3. The Labute approximate surface area is 276 Å². The van der Waals surface area contributed by atoms with Gasteiger partial charge in [0, 0.05) is 55.6 Å². The zero-order chi connectivity index (χ0) is 31.1. The second kappa shape index (κ2) is 8.84. The van der Waals surface area contributed by atoms with Gasteiger partial charge in [-0.25, -0.2) is 4.98 Å². The van der Waals surface area contributed by atoms with Crippen LogP contribution in [-0.4, -0.2) is 14.4 Å². The zero-order valence-electron chi connectivity index (χ0n) is 26.0. The average molecular weight is 610 g/mol. The highest BCUT2D eigenvalue weighted by Crippen LogP contribution is 2.52. The molecule has 3 heterocycles. The Kier molecular flexibility index (Phi) is 4.62. The summed E-state index contributed by atoms with van der Waals surface area (Å²) >= 11 is 0. The van der Waals surface area contributed by atoms with E-state index >= 15 is 0 Å². The van der Waals surface area contributed by atoms with Gasteiger partial charge in [-0.3, -0.25) is 4.98 Å². The van der Waals surface area contributed by atoms with Crippen LogP contribution in [0, 0.1) is 0 Å². The minimum absolute atomic E-state index is 0.0800. The second-order valence-corrected chi connectivity index (χ2v) is 13.6. The highest BCUT2D eigenvalue weighted by Gasteiger charge is 2.33. The number of benzene rings is 7. The summed E-state index contributed by atoms with van der Waals surface area (Å²) in [7, 11) is 0. The lowest BCUT2D eigenvalue weighted by molar-refractivity contribution is 0.706. The van der Waals surface area contributed by atoms with Gasteiger partial charge in [0.25, 0.3) is 0 Å². The van der Waals surface area contributed by atoms with Crippen molar-refractivity contribution < 1.29 is 0 Å². The van der Waals surface area contributed by atoms with Gasteiger partial charge in [0.1, 0.15) is 0 Å². The predicted molar refractivity (Wildman–Crippen MR) is 198 cm³/mol. The van der Waals surface area contributed by atoms with Crippen LogP contribution in [-0.2, 0) is 6.42 Å². The minimum atomic E-state index is 0.0800. The molecule has 10 aromatic rings. The SMILES string of the molecule is c1ccc2c(c1)CCC(c1cnc3c(n1)-c1cccc4cccc-3c14)c1c-2cc2c3ccccc3n3c4c5ccccc5ccc4c1c23. The lowest BCUT2D eigenvalue weighted by atomic mass is 9.84. The first-order valence-electron chi connectivity index (χ1n) is 16.9. The number of hydrogen-bond donors (Lipinski definition) is 0. The Balaban J connectivity index is 1.24. The van der Waals surface area contributed by atoms with Crippen LogP contribution in [0.15, 0.2) is 134 Å². The number of hydrogen-bond acceptors (Lipinski definition) is 2. The summed E-state index contributed by atoms with van der Waals surface area (Å²) in [6, 6.07) is 47.1. The smallest absolute Gasteiger partial charge is 0.0975 e. The molecule has 0 N–H and O–H groups in total. The van der Waals surface area contributed by atoms with E-state index in [1.54, 1.807) is 0 Å². The third kappa shape index (κ3) is 3.01. The molecule has 0 saturated heterocycles. The van der Waals surface area contributed by atoms with Crippen LogP contribution >= 0.6 is 0 Å². The van der Waals surface area contributed by atoms with Gasteiger partial charge in [-0.15, -0.1) is 0 Å². The Morgan fingerprint density at radius 3 is 2.21 bits per heavy atom. The van der Waals surface area contributed by atoms with Crippen molar-refractivity contribution in [3.05, 3.63) is 150 Å². The van der Waals surface area contributed by atoms with E-state index in [0.29, 0.717) is 0 Å². The topological polar surface area (TPSA) is 30.2 Å². The second-order valence-electron chi connectivity index (χ2n) is 13.6. The molecule has 48 heavy (non-hydrogen) atoms. The van der Waals surface area contributed by atoms with Crippen molar-refractivity contribution >= 4 is 59.6 Å². The molecule has 7 aromatic carbocycles. The molecule has 2 aliphatic rings. The Bertz CT molecular complexity index is 3010. The summed E-state index contributed by atoms with van der Waals surface area (Å²) in [5, 5.41) is 10.4. The fraction of sp³-hybridized carbons (Fsp3) is 0.0667. The number of aromatic nitrogens is 3. The quantitative estimate of drug-likeness (QED) is 0.185. The first kappa shape index (κ1) is 25.1. The summed E-state index contributed by atoms with van der Waals surface area (Å²) in [6.45, 7) is 0. The van der Waals surface area contributed by atoms with Crippen molar-refractivity contribution in [1.29, 1.82) is 0 Å². The van der Waals surface area contributed by atoms with E-state index in [4.69, 9.17) is 9.97 Å². The van der Waals surface area contributed by atoms with Crippen LogP contribution in [0.25, 0.3) is 93.3 Å². The molecule has 1 unspecified atom stereocenters. The van der Waals surface area contributed by atoms with Gasteiger partial charge in [0.15, 0.2) is 0 Å². The molecule has 12 rings (SSSR count). The van der Waals surface area contributed by atoms with Gasteiger partial charge in [-0.05, 0) is 58.0 Å². The number of fused-ring (bicyclic) bond motifs is 15. The van der Waals surface area contributed by atoms with Gasteiger partial charge >= 0.3 is 0 Å². The van der Waals surface area contributed by atoms with Gasteiger partial charge in [-0.1, -0.05) is 115 Å². The van der Waals surface area contributed by atoms with Crippen molar-refractivity contribution in [3.8, 4) is 33.6 Å². The summed E-state index contributed by atoms with van der Waals surface area (Å²) in [5.74, 6) is 0.0800.